The Balaban J connectivity index is 2.02. The van der Waals surface area contributed by atoms with Gasteiger partial charge >= 0.3 is 11.9 Å². The van der Waals surface area contributed by atoms with Gasteiger partial charge in [0.1, 0.15) is 17.5 Å². The number of rotatable bonds is 7. The summed E-state index contributed by atoms with van der Waals surface area (Å²) in [5.41, 5.74) is 0.0559. The average molecular weight is 352 g/mol. The zero-order valence-corrected chi connectivity index (χ0v) is 14.8. The lowest BCUT2D eigenvalue weighted by Crippen LogP contribution is -2.38. The van der Waals surface area contributed by atoms with E-state index in [9.17, 15) is 14.0 Å². The Bertz CT molecular complexity index is 605. The number of carboxylic acids is 1. The summed E-state index contributed by atoms with van der Waals surface area (Å²) >= 11 is 0. The number of hydrogen-bond acceptors (Lipinski definition) is 4. The second-order valence-electron chi connectivity index (χ2n) is 7.14. The smallest absolute Gasteiger partial charge is 0.342 e. The van der Waals surface area contributed by atoms with Gasteiger partial charge in [-0.3, -0.25) is 0 Å². The Hall–Kier alpha value is -2.11. The second kappa shape index (κ2) is 7.85. The van der Waals surface area contributed by atoms with Crippen molar-refractivity contribution in [1.82, 2.24) is 0 Å². The van der Waals surface area contributed by atoms with Crippen molar-refractivity contribution < 1.29 is 28.6 Å². The normalized spacial score (nSPS) is 18.6. The van der Waals surface area contributed by atoms with Gasteiger partial charge in [0.25, 0.3) is 0 Å². The van der Waals surface area contributed by atoms with Crippen molar-refractivity contribution in [1.29, 1.82) is 0 Å². The predicted octanol–water partition coefficient (Wildman–Crippen LogP) is 4.00. The average Bonchev–Trinajstić information content (AvgIpc) is 2.98. The van der Waals surface area contributed by atoms with Crippen LogP contribution in [0.5, 0.6) is 5.75 Å². The Kier molecular flexibility index (Phi) is 6.03. The maximum Gasteiger partial charge on any atom is 0.342 e. The molecule has 1 aliphatic carbocycles. The molecule has 5 nitrogen and oxygen atoms in total. The number of benzene rings is 1. The van der Waals surface area contributed by atoms with Gasteiger partial charge in [-0.05, 0) is 62.8 Å². The molecule has 1 aromatic carbocycles. The highest BCUT2D eigenvalue weighted by Gasteiger charge is 2.34. The number of ether oxygens (including phenoxy) is 2. The monoisotopic (exact) mass is 352 g/mol. The van der Waals surface area contributed by atoms with Crippen LogP contribution in [0.2, 0.25) is 0 Å². The Morgan fingerprint density at radius 1 is 1.16 bits per heavy atom. The van der Waals surface area contributed by atoms with Gasteiger partial charge in [0, 0.05) is 0 Å². The summed E-state index contributed by atoms with van der Waals surface area (Å²) in [7, 11) is 0. The van der Waals surface area contributed by atoms with Crippen LogP contribution in [0.1, 0.15) is 56.8 Å². The predicted molar refractivity (Wildman–Crippen MR) is 90.5 cm³/mol. The molecule has 2 unspecified atom stereocenters. The van der Waals surface area contributed by atoms with Gasteiger partial charge in [-0.1, -0.05) is 13.8 Å². The molecule has 1 saturated carbocycles. The van der Waals surface area contributed by atoms with Crippen LogP contribution < -0.4 is 4.74 Å². The van der Waals surface area contributed by atoms with Crippen LogP contribution in [-0.2, 0) is 9.53 Å². The number of carbonyl (C=O) groups excluding carboxylic acids is 1. The molecule has 0 aliphatic heterocycles. The van der Waals surface area contributed by atoms with Crippen molar-refractivity contribution in [2.45, 2.75) is 64.3 Å². The van der Waals surface area contributed by atoms with Crippen LogP contribution in [0.3, 0.4) is 0 Å². The summed E-state index contributed by atoms with van der Waals surface area (Å²) < 4.78 is 24.8. The Labute approximate surface area is 147 Å². The van der Waals surface area contributed by atoms with E-state index >= 15 is 0 Å². The highest BCUT2D eigenvalue weighted by Crippen LogP contribution is 2.34. The van der Waals surface area contributed by atoms with E-state index < -0.39 is 30.1 Å². The first-order valence-corrected chi connectivity index (χ1v) is 8.59. The van der Waals surface area contributed by atoms with Gasteiger partial charge in [-0.2, -0.15) is 0 Å². The van der Waals surface area contributed by atoms with Crippen LogP contribution in [0.15, 0.2) is 24.3 Å². The summed E-state index contributed by atoms with van der Waals surface area (Å²) in [6.07, 6.45) is 0.698. The van der Waals surface area contributed by atoms with E-state index in [0.29, 0.717) is 5.75 Å². The molecule has 0 aromatic heterocycles. The molecule has 2 rings (SSSR count). The summed E-state index contributed by atoms with van der Waals surface area (Å²) in [5.74, 6) is -2.18. The third-order valence-electron chi connectivity index (χ3n) is 4.54. The minimum Gasteiger partial charge on any atom is -0.488 e. The zero-order chi connectivity index (χ0) is 18.6. The summed E-state index contributed by atoms with van der Waals surface area (Å²) in [6.45, 7) is 5.28. The maximum absolute atomic E-state index is 13.8. The maximum atomic E-state index is 13.8. The minimum absolute atomic E-state index is 0.173. The molecule has 0 saturated heterocycles. The molecule has 1 N–H and O–H groups in total. The highest BCUT2D eigenvalue weighted by atomic mass is 19.1. The lowest BCUT2D eigenvalue weighted by Gasteiger charge is -2.25. The van der Waals surface area contributed by atoms with Gasteiger partial charge in [-0.15, -0.1) is 0 Å². The topological polar surface area (TPSA) is 72.8 Å². The van der Waals surface area contributed by atoms with Crippen molar-refractivity contribution in [2.75, 3.05) is 0 Å². The quantitative estimate of drug-likeness (QED) is 0.751. The molecule has 0 bridgehead atoms. The van der Waals surface area contributed by atoms with E-state index in [1.54, 1.807) is 38.1 Å². The van der Waals surface area contributed by atoms with E-state index in [4.69, 9.17) is 14.6 Å². The van der Waals surface area contributed by atoms with Gasteiger partial charge in [0.15, 0.2) is 0 Å². The van der Waals surface area contributed by atoms with E-state index in [1.807, 2.05) is 0 Å². The van der Waals surface area contributed by atoms with Gasteiger partial charge < -0.3 is 14.6 Å². The molecule has 1 fully saturated rings. The summed E-state index contributed by atoms with van der Waals surface area (Å²) in [5, 5.41) is 8.80. The number of alkyl halides is 1. The number of halogens is 1. The van der Waals surface area contributed by atoms with Crippen molar-refractivity contribution >= 4 is 11.9 Å². The fourth-order valence-corrected chi connectivity index (χ4v) is 3.03. The van der Waals surface area contributed by atoms with Crippen molar-refractivity contribution in [3.63, 3.8) is 0 Å². The molecule has 0 amide bonds. The first kappa shape index (κ1) is 19.2. The lowest BCUT2D eigenvalue weighted by atomic mass is 10.0. The molecular formula is C19H25FO5. The summed E-state index contributed by atoms with van der Waals surface area (Å²) in [6, 6.07) is 6.44. The van der Waals surface area contributed by atoms with Gasteiger partial charge in [0.2, 0.25) is 6.17 Å². The largest absolute Gasteiger partial charge is 0.488 e. The van der Waals surface area contributed by atoms with Crippen LogP contribution in [-0.4, -0.2) is 34.9 Å². The molecular weight excluding hydrogens is 327 g/mol. The number of carbonyl (C=O) groups is 2. The molecule has 1 aliphatic rings. The van der Waals surface area contributed by atoms with E-state index in [2.05, 4.69) is 6.92 Å². The Morgan fingerprint density at radius 2 is 1.72 bits per heavy atom. The van der Waals surface area contributed by atoms with Crippen molar-refractivity contribution in [3.8, 4) is 5.75 Å². The fraction of sp³-hybridized carbons (Fsp3) is 0.579. The van der Waals surface area contributed by atoms with Crippen molar-refractivity contribution in [2.24, 2.45) is 5.92 Å². The number of esters is 1. The molecule has 0 radical (unpaired) electrons. The SMILES string of the molecule is CC(C)C(OC(=O)c1ccc(OC2(C)CCCC2)cc1)C(F)C(=O)O. The van der Waals surface area contributed by atoms with Crippen LogP contribution >= 0.6 is 0 Å². The highest BCUT2D eigenvalue weighted by molar-refractivity contribution is 5.90. The standard InChI is InChI=1S/C19H25FO5/c1-12(2)16(15(20)17(21)22)24-18(23)13-6-8-14(9-7-13)25-19(3)10-4-5-11-19/h6-9,12,15-16H,4-5,10-11H2,1-3H3,(H,21,22). The Morgan fingerprint density at radius 3 is 2.20 bits per heavy atom. The number of carboxylic acid groups (broad SMARTS) is 1. The summed E-state index contributed by atoms with van der Waals surface area (Å²) in [4.78, 5) is 23.0. The van der Waals surface area contributed by atoms with E-state index in [-0.39, 0.29) is 11.2 Å². The van der Waals surface area contributed by atoms with Crippen molar-refractivity contribution in [3.05, 3.63) is 29.8 Å². The van der Waals surface area contributed by atoms with Gasteiger partial charge in [-0.25, -0.2) is 14.0 Å². The van der Waals surface area contributed by atoms with Gasteiger partial charge in [0.05, 0.1) is 5.56 Å². The molecule has 1 aromatic rings. The van der Waals surface area contributed by atoms with E-state index in [0.717, 1.165) is 25.7 Å². The molecule has 0 spiro atoms. The van der Waals surface area contributed by atoms with Crippen LogP contribution in [0.4, 0.5) is 4.39 Å². The van der Waals surface area contributed by atoms with Crippen LogP contribution in [0.25, 0.3) is 0 Å². The third-order valence-corrected chi connectivity index (χ3v) is 4.54. The first-order chi connectivity index (χ1) is 11.7. The minimum atomic E-state index is -2.26. The van der Waals surface area contributed by atoms with E-state index in [1.165, 1.54) is 0 Å². The first-order valence-electron chi connectivity index (χ1n) is 8.59. The molecule has 0 heterocycles. The molecule has 25 heavy (non-hydrogen) atoms. The lowest BCUT2D eigenvalue weighted by molar-refractivity contribution is -0.148. The number of hydrogen-bond donors (Lipinski definition) is 1. The fourth-order valence-electron chi connectivity index (χ4n) is 3.03. The molecule has 2 atom stereocenters. The third kappa shape index (κ3) is 4.94. The number of aliphatic carboxylic acids is 1. The second-order valence-corrected chi connectivity index (χ2v) is 7.14. The van der Waals surface area contributed by atoms with Crippen LogP contribution in [0, 0.1) is 5.92 Å². The zero-order valence-electron chi connectivity index (χ0n) is 14.8. The molecule has 6 heteroatoms. The molecule has 138 valence electrons.